The lowest BCUT2D eigenvalue weighted by atomic mass is 9.82. The van der Waals surface area contributed by atoms with E-state index in [0.717, 1.165) is 18.2 Å². The molecule has 1 heterocycles. The lowest BCUT2D eigenvalue weighted by Crippen LogP contribution is -2.64. The highest BCUT2D eigenvalue weighted by molar-refractivity contribution is 7.93. The number of rotatable bonds is 8. The fourth-order valence-electron chi connectivity index (χ4n) is 4.37. The number of hydrogen-bond donors (Lipinski definition) is 3. The fraction of sp³-hybridized carbons (Fsp3) is 0.545. The topological polar surface area (TPSA) is 108 Å². The lowest BCUT2D eigenvalue weighted by Gasteiger charge is -2.40. The Balaban J connectivity index is 1.83. The summed E-state index contributed by atoms with van der Waals surface area (Å²) < 4.78 is 67.0. The maximum absolute atomic E-state index is 14.5. The summed E-state index contributed by atoms with van der Waals surface area (Å²) in [5.74, 6) is -1.89. The van der Waals surface area contributed by atoms with E-state index in [1.807, 2.05) is 13.8 Å². The van der Waals surface area contributed by atoms with E-state index in [2.05, 4.69) is 15.4 Å². The van der Waals surface area contributed by atoms with Crippen LogP contribution in [0.2, 0.25) is 0 Å². The van der Waals surface area contributed by atoms with Crippen molar-refractivity contribution >= 4 is 21.5 Å². The minimum absolute atomic E-state index is 0.0303. The van der Waals surface area contributed by atoms with E-state index in [1.54, 1.807) is 6.92 Å². The van der Waals surface area contributed by atoms with Crippen molar-refractivity contribution in [2.75, 3.05) is 11.5 Å². The zero-order valence-electron chi connectivity index (χ0n) is 18.7. The predicted molar refractivity (Wildman–Crippen MR) is 118 cm³/mol. The van der Waals surface area contributed by atoms with Crippen LogP contribution in [0.15, 0.2) is 29.5 Å². The molecule has 0 unspecified atom stereocenters. The number of halogens is 3. The van der Waals surface area contributed by atoms with Crippen LogP contribution in [0.25, 0.3) is 0 Å². The first-order valence-electron chi connectivity index (χ1n) is 10.6. The van der Waals surface area contributed by atoms with Gasteiger partial charge in [0.15, 0.2) is 9.84 Å². The number of benzene rings is 1. The molecule has 0 aromatic heterocycles. The van der Waals surface area contributed by atoms with Crippen molar-refractivity contribution in [1.82, 2.24) is 10.6 Å². The summed E-state index contributed by atoms with van der Waals surface area (Å²) in [6.45, 7) is 2.39. The molecule has 0 radical (unpaired) electrons. The van der Waals surface area contributed by atoms with Gasteiger partial charge in [-0.1, -0.05) is 0 Å². The molecule has 1 aromatic rings. The van der Waals surface area contributed by atoms with Crippen molar-refractivity contribution in [1.29, 1.82) is 5.41 Å². The molecule has 33 heavy (non-hydrogen) atoms. The molecule has 3 rings (SSSR count). The zero-order chi connectivity index (χ0) is 24.6. The number of carbonyl (C=O) groups excluding carboxylic acids is 1. The van der Waals surface area contributed by atoms with Crippen molar-refractivity contribution in [2.45, 2.75) is 58.2 Å². The molecule has 7 nitrogen and oxygen atoms in total. The zero-order valence-corrected chi connectivity index (χ0v) is 19.5. The molecule has 0 saturated carbocycles. The summed E-state index contributed by atoms with van der Waals surface area (Å²) in [5, 5.41) is 14.6. The quantitative estimate of drug-likeness (QED) is 0.488. The van der Waals surface area contributed by atoms with Crippen LogP contribution < -0.4 is 15.4 Å². The highest BCUT2D eigenvalue weighted by Gasteiger charge is 2.46. The number of carbonyl (C=O) groups is 1. The molecule has 1 aromatic carbocycles. The number of amides is 1. The molecule has 0 bridgehead atoms. The Morgan fingerprint density at radius 1 is 1.27 bits per heavy atom. The molecule has 3 N–H and O–H groups in total. The average molecular weight is 488 g/mol. The summed E-state index contributed by atoms with van der Waals surface area (Å²) in [6, 6.07) is 3.09. The standard InChI is InChI=1S/C22H28F3N3O4S/c1-12(2)27-18-8-13(20(29)28-22(3)10-33(30,31)11-22)4-6-15(18)19(26)16-9-14(32-21(24)25)5-7-17(16)23/h5,7,9,12-13,21,26-27H,4,6,8,10-11H2,1-3H3,(H,28,29)/t13-/m1/s1. The van der Waals surface area contributed by atoms with Crippen molar-refractivity contribution < 1.29 is 31.1 Å². The van der Waals surface area contributed by atoms with E-state index in [9.17, 15) is 26.4 Å². The van der Waals surface area contributed by atoms with Crippen LogP contribution in [0.3, 0.4) is 0 Å². The SMILES string of the molecule is CC(C)NC1=C(C(=N)c2cc(OC(F)F)ccc2F)CC[C@@H](C(=O)NC2(C)CS(=O)(=O)C2)C1. The molecule has 2 aliphatic rings. The molecule has 0 spiro atoms. The van der Waals surface area contributed by atoms with Gasteiger partial charge in [0.2, 0.25) is 5.91 Å². The number of nitrogens with one attached hydrogen (secondary N) is 3. The number of ether oxygens (including phenoxy) is 1. The molecule has 1 amide bonds. The van der Waals surface area contributed by atoms with Crippen molar-refractivity contribution in [3.63, 3.8) is 0 Å². The number of allylic oxidation sites excluding steroid dienone is 2. The third kappa shape index (κ3) is 6.07. The van der Waals surface area contributed by atoms with Gasteiger partial charge in [-0.15, -0.1) is 0 Å². The minimum Gasteiger partial charge on any atom is -0.435 e. The highest BCUT2D eigenvalue weighted by atomic mass is 32.2. The van der Waals surface area contributed by atoms with E-state index >= 15 is 0 Å². The first-order chi connectivity index (χ1) is 15.3. The molecule has 1 fully saturated rings. The van der Waals surface area contributed by atoms with Gasteiger partial charge >= 0.3 is 6.61 Å². The van der Waals surface area contributed by atoms with Crippen molar-refractivity contribution in [3.05, 3.63) is 40.8 Å². The van der Waals surface area contributed by atoms with E-state index in [0.29, 0.717) is 24.1 Å². The summed E-state index contributed by atoms with van der Waals surface area (Å²) >= 11 is 0. The fourth-order valence-corrected chi connectivity index (χ4v) is 6.37. The van der Waals surface area contributed by atoms with E-state index in [1.165, 1.54) is 0 Å². The second kappa shape index (κ2) is 9.36. The van der Waals surface area contributed by atoms with Gasteiger partial charge in [-0.2, -0.15) is 8.78 Å². The van der Waals surface area contributed by atoms with Crippen LogP contribution >= 0.6 is 0 Å². The Morgan fingerprint density at radius 3 is 2.52 bits per heavy atom. The van der Waals surface area contributed by atoms with Crippen LogP contribution in [0.4, 0.5) is 13.2 Å². The van der Waals surface area contributed by atoms with Crippen LogP contribution in [-0.4, -0.2) is 49.7 Å². The van der Waals surface area contributed by atoms with Crippen LogP contribution in [0.5, 0.6) is 5.75 Å². The number of hydrogen-bond acceptors (Lipinski definition) is 6. The number of sulfone groups is 1. The summed E-state index contributed by atoms with van der Waals surface area (Å²) in [5.41, 5.74) is -0.00907. The van der Waals surface area contributed by atoms with Gasteiger partial charge in [0, 0.05) is 23.2 Å². The lowest BCUT2D eigenvalue weighted by molar-refractivity contribution is -0.126. The van der Waals surface area contributed by atoms with Gasteiger partial charge in [-0.3, -0.25) is 10.2 Å². The van der Waals surface area contributed by atoms with Crippen molar-refractivity contribution in [3.8, 4) is 5.75 Å². The molecule has 1 aliphatic heterocycles. The highest BCUT2D eigenvalue weighted by Crippen LogP contribution is 2.33. The predicted octanol–water partition coefficient (Wildman–Crippen LogP) is 3.15. The molecule has 11 heteroatoms. The van der Waals surface area contributed by atoms with Crippen LogP contribution in [-0.2, 0) is 14.6 Å². The Kier molecular flexibility index (Phi) is 7.11. The van der Waals surface area contributed by atoms with Gasteiger partial charge in [0.05, 0.1) is 22.8 Å². The molecule has 1 aliphatic carbocycles. The van der Waals surface area contributed by atoms with E-state index in [4.69, 9.17) is 5.41 Å². The van der Waals surface area contributed by atoms with E-state index in [-0.39, 0.29) is 46.9 Å². The Hall–Kier alpha value is -2.56. The third-order valence-electron chi connectivity index (χ3n) is 5.63. The first kappa shape index (κ1) is 25.1. The Labute approximate surface area is 191 Å². The normalized spacial score (nSPS) is 21.5. The summed E-state index contributed by atoms with van der Waals surface area (Å²) in [6.07, 6.45) is 0.935. The second-order valence-corrected chi connectivity index (χ2v) is 11.2. The first-order valence-corrected chi connectivity index (χ1v) is 12.5. The molecule has 1 atom stereocenters. The summed E-state index contributed by atoms with van der Waals surface area (Å²) in [7, 11) is -3.12. The largest absolute Gasteiger partial charge is 0.435 e. The van der Waals surface area contributed by atoms with Crippen LogP contribution in [0.1, 0.15) is 45.6 Å². The number of alkyl halides is 2. The van der Waals surface area contributed by atoms with Gasteiger partial charge < -0.3 is 15.4 Å². The Bertz CT molecular complexity index is 1070. The third-order valence-corrected chi connectivity index (χ3v) is 7.78. The van der Waals surface area contributed by atoms with Gasteiger partial charge in [0.25, 0.3) is 0 Å². The van der Waals surface area contributed by atoms with Gasteiger partial charge in [0.1, 0.15) is 11.6 Å². The smallest absolute Gasteiger partial charge is 0.387 e. The van der Waals surface area contributed by atoms with Crippen molar-refractivity contribution in [2.24, 2.45) is 5.92 Å². The molecular formula is C22H28F3N3O4S. The maximum atomic E-state index is 14.5. The monoisotopic (exact) mass is 487 g/mol. The molecule has 182 valence electrons. The molecule has 1 saturated heterocycles. The van der Waals surface area contributed by atoms with E-state index < -0.39 is 33.7 Å². The van der Waals surface area contributed by atoms with Gasteiger partial charge in [-0.05, 0) is 63.8 Å². The summed E-state index contributed by atoms with van der Waals surface area (Å²) in [4.78, 5) is 12.8. The Morgan fingerprint density at radius 2 is 1.94 bits per heavy atom. The second-order valence-electron chi connectivity index (χ2n) is 9.17. The van der Waals surface area contributed by atoms with Crippen LogP contribution in [0, 0.1) is 17.1 Å². The molecular weight excluding hydrogens is 459 g/mol. The maximum Gasteiger partial charge on any atom is 0.387 e. The average Bonchev–Trinajstić information content (AvgIpc) is 2.66. The van der Waals surface area contributed by atoms with Gasteiger partial charge in [-0.25, -0.2) is 12.8 Å². The minimum atomic E-state index is -3.12.